The van der Waals surface area contributed by atoms with E-state index in [1.54, 1.807) is 17.0 Å². The van der Waals surface area contributed by atoms with Crippen molar-refractivity contribution in [1.29, 1.82) is 0 Å². The van der Waals surface area contributed by atoms with Crippen LogP contribution < -0.4 is 0 Å². The SMILES string of the molecule is Cc1ccc(CCCC(=O)N2CCCN(C(=O)c3ccccc3F)CC2)cc1. The van der Waals surface area contributed by atoms with Gasteiger partial charge in [-0.25, -0.2) is 4.39 Å². The third-order valence-electron chi connectivity index (χ3n) is 5.22. The molecular formula is C23H27FN2O2. The van der Waals surface area contributed by atoms with Crippen molar-refractivity contribution < 1.29 is 14.0 Å². The summed E-state index contributed by atoms with van der Waals surface area (Å²) >= 11 is 0. The highest BCUT2D eigenvalue weighted by molar-refractivity contribution is 5.94. The van der Waals surface area contributed by atoms with Gasteiger partial charge in [0.1, 0.15) is 5.82 Å². The fraction of sp³-hybridized carbons (Fsp3) is 0.391. The van der Waals surface area contributed by atoms with E-state index < -0.39 is 5.82 Å². The van der Waals surface area contributed by atoms with Crippen LogP contribution in [0.4, 0.5) is 4.39 Å². The van der Waals surface area contributed by atoms with Crippen LogP contribution in [0.15, 0.2) is 48.5 Å². The van der Waals surface area contributed by atoms with E-state index in [1.165, 1.54) is 23.3 Å². The minimum absolute atomic E-state index is 0.0976. The average Bonchev–Trinajstić information content (AvgIpc) is 2.96. The van der Waals surface area contributed by atoms with Gasteiger partial charge in [0.05, 0.1) is 5.56 Å². The fourth-order valence-corrected chi connectivity index (χ4v) is 3.53. The van der Waals surface area contributed by atoms with Gasteiger partial charge >= 0.3 is 0 Å². The average molecular weight is 382 g/mol. The Morgan fingerprint density at radius 1 is 0.929 bits per heavy atom. The molecule has 0 unspecified atom stereocenters. The molecule has 1 aliphatic heterocycles. The molecule has 0 saturated carbocycles. The molecule has 0 bridgehead atoms. The molecule has 4 nitrogen and oxygen atoms in total. The van der Waals surface area contributed by atoms with Crippen molar-refractivity contribution in [1.82, 2.24) is 9.80 Å². The molecule has 3 rings (SSSR count). The Kier molecular flexibility index (Phi) is 6.80. The van der Waals surface area contributed by atoms with Gasteiger partial charge in [0, 0.05) is 32.6 Å². The number of carbonyl (C=O) groups excluding carboxylic acids is 2. The molecule has 2 aromatic rings. The van der Waals surface area contributed by atoms with E-state index in [-0.39, 0.29) is 17.4 Å². The molecule has 0 atom stereocenters. The standard InChI is InChI=1S/C23H27FN2O2/c1-18-10-12-19(13-11-18)6-4-9-22(27)25-14-5-15-26(17-16-25)23(28)20-7-2-3-8-21(20)24/h2-3,7-8,10-13H,4-6,9,14-17H2,1H3. The fourth-order valence-electron chi connectivity index (χ4n) is 3.53. The van der Waals surface area contributed by atoms with Crippen LogP contribution in [0.25, 0.3) is 0 Å². The minimum Gasteiger partial charge on any atom is -0.341 e. The maximum atomic E-state index is 13.9. The first kappa shape index (κ1) is 20.1. The largest absolute Gasteiger partial charge is 0.341 e. The highest BCUT2D eigenvalue weighted by Crippen LogP contribution is 2.14. The van der Waals surface area contributed by atoms with Crippen molar-refractivity contribution in [3.63, 3.8) is 0 Å². The van der Waals surface area contributed by atoms with Gasteiger partial charge < -0.3 is 9.80 Å². The van der Waals surface area contributed by atoms with Gasteiger partial charge in [0.25, 0.3) is 5.91 Å². The van der Waals surface area contributed by atoms with Gasteiger partial charge in [-0.2, -0.15) is 0 Å². The molecule has 0 N–H and O–H groups in total. The summed E-state index contributed by atoms with van der Waals surface area (Å²) < 4.78 is 13.9. The Labute approximate surface area is 166 Å². The molecule has 2 amide bonds. The van der Waals surface area contributed by atoms with Gasteiger partial charge in [-0.15, -0.1) is 0 Å². The first-order chi connectivity index (χ1) is 13.5. The van der Waals surface area contributed by atoms with Crippen LogP contribution in [-0.2, 0) is 11.2 Å². The maximum Gasteiger partial charge on any atom is 0.256 e. The number of rotatable bonds is 5. The minimum atomic E-state index is -0.499. The molecule has 5 heteroatoms. The van der Waals surface area contributed by atoms with Crippen LogP contribution in [0.3, 0.4) is 0 Å². The highest BCUT2D eigenvalue weighted by Gasteiger charge is 2.24. The van der Waals surface area contributed by atoms with E-state index in [1.807, 2.05) is 4.90 Å². The zero-order valence-corrected chi connectivity index (χ0v) is 16.4. The molecule has 1 heterocycles. The van der Waals surface area contributed by atoms with E-state index in [0.717, 1.165) is 12.8 Å². The molecule has 0 aromatic heterocycles. The smallest absolute Gasteiger partial charge is 0.256 e. The summed E-state index contributed by atoms with van der Waals surface area (Å²) in [4.78, 5) is 28.6. The third-order valence-corrected chi connectivity index (χ3v) is 5.22. The van der Waals surface area contributed by atoms with Crippen molar-refractivity contribution >= 4 is 11.8 Å². The molecule has 1 saturated heterocycles. The van der Waals surface area contributed by atoms with Gasteiger partial charge in [-0.1, -0.05) is 42.0 Å². The highest BCUT2D eigenvalue weighted by atomic mass is 19.1. The Balaban J connectivity index is 1.49. The van der Waals surface area contributed by atoms with Gasteiger partial charge in [-0.3, -0.25) is 9.59 Å². The van der Waals surface area contributed by atoms with Crippen molar-refractivity contribution in [3.05, 3.63) is 71.0 Å². The normalized spacial score (nSPS) is 14.6. The van der Waals surface area contributed by atoms with Crippen molar-refractivity contribution in [2.75, 3.05) is 26.2 Å². The Morgan fingerprint density at radius 2 is 1.61 bits per heavy atom. The number of hydrogen-bond acceptors (Lipinski definition) is 2. The number of carbonyl (C=O) groups is 2. The second kappa shape index (κ2) is 9.49. The third kappa shape index (κ3) is 5.18. The summed E-state index contributed by atoms with van der Waals surface area (Å²) in [5.74, 6) is -0.667. The first-order valence-electron chi connectivity index (χ1n) is 9.92. The van der Waals surface area contributed by atoms with E-state index >= 15 is 0 Å². The van der Waals surface area contributed by atoms with Crippen molar-refractivity contribution in [3.8, 4) is 0 Å². The Morgan fingerprint density at radius 3 is 2.36 bits per heavy atom. The van der Waals surface area contributed by atoms with Crippen molar-refractivity contribution in [2.45, 2.75) is 32.6 Å². The summed E-state index contributed by atoms with van der Waals surface area (Å²) in [6.45, 7) is 4.19. The van der Waals surface area contributed by atoms with Gasteiger partial charge in [0.15, 0.2) is 0 Å². The van der Waals surface area contributed by atoms with Crippen LogP contribution in [0.1, 0.15) is 40.7 Å². The number of hydrogen-bond donors (Lipinski definition) is 0. The maximum absolute atomic E-state index is 13.9. The lowest BCUT2D eigenvalue weighted by Gasteiger charge is -2.22. The van der Waals surface area contributed by atoms with Crippen LogP contribution in [0, 0.1) is 12.7 Å². The Hall–Kier alpha value is -2.69. The summed E-state index contributed by atoms with van der Waals surface area (Å²) in [7, 11) is 0. The molecule has 0 aliphatic carbocycles. The number of amides is 2. The molecule has 0 spiro atoms. The summed E-state index contributed by atoms with van der Waals surface area (Å²) in [6, 6.07) is 14.4. The quantitative estimate of drug-likeness (QED) is 0.789. The molecule has 1 fully saturated rings. The van der Waals surface area contributed by atoms with Crippen molar-refractivity contribution in [2.24, 2.45) is 0 Å². The molecule has 148 valence electrons. The molecule has 0 radical (unpaired) electrons. The predicted octanol–water partition coefficient (Wildman–Crippen LogP) is 3.83. The lowest BCUT2D eigenvalue weighted by Crippen LogP contribution is -2.37. The van der Waals surface area contributed by atoms with E-state index in [0.29, 0.717) is 39.0 Å². The summed E-state index contributed by atoms with van der Waals surface area (Å²) in [6.07, 6.45) is 2.92. The topological polar surface area (TPSA) is 40.6 Å². The monoisotopic (exact) mass is 382 g/mol. The molecular weight excluding hydrogens is 355 g/mol. The van der Waals surface area contributed by atoms with Crippen LogP contribution in [0.2, 0.25) is 0 Å². The van der Waals surface area contributed by atoms with E-state index in [4.69, 9.17) is 0 Å². The Bertz CT molecular complexity index is 820. The second-order valence-corrected chi connectivity index (χ2v) is 7.35. The number of nitrogens with zero attached hydrogens (tertiary/aromatic N) is 2. The summed E-state index contributed by atoms with van der Waals surface area (Å²) in [5, 5.41) is 0. The zero-order chi connectivity index (χ0) is 19.9. The van der Waals surface area contributed by atoms with E-state index in [2.05, 4.69) is 31.2 Å². The van der Waals surface area contributed by atoms with Gasteiger partial charge in [0.2, 0.25) is 5.91 Å². The first-order valence-corrected chi connectivity index (χ1v) is 9.92. The van der Waals surface area contributed by atoms with E-state index in [9.17, 15) is 14.0 Å². The lowest BCUT2D eigenvalue weighted by molar-refractivity contribution is -0.131. The molecule has 2 aromatic carbocycles. The predicted molar refractivity (Wildman–Crippen MR) is 108 cm³/mol. The van der Waals surface area contributed by atoms with Crippen LogP contribution in [0.5, 0.6) is 0 Å². The number of halogens is 1. The second-order valence-electron chi connectivity index (χ2n) is 7.35. The lowest BCUT2D eigenvalue weighted by atomic mass is 10.1. The zero-order valence-electron chi connectivity index (χ0n) is 16.4. The molecule has 28 heavy (non-hydrogen) atoms. The molecule has 1 aliphatic rings. The van der Waals surface area contributed by atoms with Crippen LogP contribution >= 0.6 is 0 Å². The number of benzene rings is 2. The van der Waals surface area contributed by atoms with Crippen LogP contribution in [-0.4, -0.2) is 47.8 Å². The van der Waals surface area contributed by atoms with Gasteiger partial charge in [-0.05, 0) is 43.9 Å². The number of aryl methyl sites for hydroxylation is 2. The summed E-state index contributed by atoms with van der Waals surface area (Å²) in [5.41, 5.74) is 2.58.